The zero-order valence-corrected chi connectivity index (χ0v) is 19.5. The van der Waals surface area contributed by atoms with E-state index in [0.29, 0.717) is 6.54 Å². The molecule has 31 heavy (non-hydrogen) atoms. The fraction of sp³-hybridized carbons (Fsp3) is 0.391. The molecule has 1 aromatic carbocycles. The summed E-state index contributed by atoms with van der Waals surface area (Å²) in [6, 6.07) is 10.4. The van der Waals surface area contributed by atoms with Gasteiger partial charge in [-0.2, -0.15) is 0 Å². The minimum absolute atomic E-state index is 0.624. The summed E-state index contributed by atoms with van der Waals surface area (Å²) in [6.07, 6.45) is 4.68. The summed E-state index contributed by atoms with van der Waals surface area (Å²) in [6.45, 7) is 5.94. The Morgan fingerprint density at radius 1 is 1.06 bits per heavy atom. The van der Waals surface area contributed by atoms with E-state index in [1.807, 2.05) is 6.07 Å². The lowest BCUT2D eigenvalue weighted by atomic mass is 10.2. The fourth-order valence-corrected chi connectivity index (χ4v) is 5.81. The second-order valence-electron chi connectivity index (χ2n) is 7.90. The van der Waals surface area contributed by atoms with Crippen LogP contribution in [0.4, 0.5) is 5.82 Å². The van der Waals surface area contributed by atoms with Gasteiger partial charge in [0.05, 0.1) is 17.7 Å². The smallest absolute Gasteiger partial charge is 0.152 e. The number of nitrogens with zero attached hydrogens (tertiary/aromatic N) is 5. The Morgan fingerprint density at radius 2 is 1.94 bits per heavy atom. The maximum absolute atomic E-state index is 4.93. The molecular formula is C23H26N6S2. The Morgan fingerprint density at radius 3 is 2.81 bits per heavy atom. The minimum atomic E-state index is 0.624. The molecule has 0 radical (unpaired) electrons. The van der Waals surface area contributed by atoms with Crippen molar-refractivity contribution in [3.8, 4) is 0 Å². The van der Waals surface area contributed by atoms with Crippen molar-refractivity contribution in [3.63, 3.8) is 0 Å². The Balaban J connectivity index is 1.42. The van der Waals surface area contributed by atoms with Gasteiger partial charge in [0.2, 0.25) is 0 Å². The zero-order chi connectivity index (χ0) is 21.2. The Labute approximate surface area is 190 Å². The van der Waals surface area contributed by atoms with Crippen LogP contribution in [-0.4, -0.2) is 24.7 Å². The quantitative estimate of drug-likeness (QED) is 0.390. The molecule has 0 fully saturated rings. The number of hydrogen-bond donors (Lipinski definition) is 1. The Kier molecular flexibility index (Phi) is 5.91. The molecule has 3 aromatic heterocycles. The third-order valence-corrected chi connectivity index (χ3v) is 7.90. The molecule has 6 nitrogen and oxygen atoms in total. The number of benzene rings is 1. The summed E-state index contributed by atoms with van der Waals surface area (Å²) in [5, 5.41) is 13.6. The van der Waals surface area contributed by atoms with Crippen molar-refractivity contribution in [1.82, 2.24) is 24.7 Å². The number of aromatic nitrogens is 5. The SMILES string of the molecule is Cc1sc2nc(CSc3ccccc3)nc(NCc3nnc4n3CCCCC4)c2c1C. The lowest BCUT2D eigenvalue weighted by Gasteiger charge is -2.11. The van der Waals surface area contributed by atoms with Crippen LogP contribution in [0.15, 0.2) is 35.2 Å². The van der Waals surface area contributed by atoms with Crippen molar-refractivity contribution in [3.05, 3.63) is 58.2 Å². The standard InChI is InChI=1S/C23H26N6S2/c1-15-16(2)31-23-21(15)22(25-18(26-23)14-30-17-9-5-3-6-10-17)24-13-20-28-27-19-11-7-4-8-12-29(19)20/h3,5-6,9-10H,4,7-8,11-14H2,1-2H3,(H,24,25,26). The summed E-state index contributed by atoms with van der Waals surface area (Å²) >= 11 is 3.51. The average molecular weight is 451 g/mol. The predicted octanol–water partition coefficient (Wildman–Crippen LogP) is 5.53. The van der Waals surface area contributed by atoms with Gasteiger partial charge >= 0.3 is 0 Å². The van der Waals surface area contributed by atoms with E-state index in [1.165, 1.54) is 34.6 Å². The summed E-state index contributed by atoms with van der Waals surface area (Å²) in [5.74, 6) is 4.61. The van der Waals surface area contributed by atoms with Gasteiger partial charge in [-0.3, -0.25) is 0 Å². The molecule has 0 amide bonds. The maximum Gasteiger partial charge on any atom is 0.152 e. The zero-order valence-electron chi connectivity index (χ0n) is 17.9. The number of rotatable bonds is 6. The molecule has 5 rings (SSSR count). The molecule has 0 saturated carbocycles. The van der Waals surface area contributed by atoms with Crippen LogP contribution < -0.4 is 5.32 Å². The highest BCUT2D eigenvalue weighted by Crippen LogP contribution is 2.34. The highest BCUT2D eigenvalue weighted by Gasteiger charge is 2.18. The Bertz CT molecular complexity index is 1200. The van der Waals surface area contributed by atoms with Crippen LogP contribution in [-0.2, 0) is 25.3 Å². The molecule has 160 valence electrons. The number of thioether (sulfide) groups is 1. The van der Waals surface area contributed by atoms with Gasteiger partial charge < -0.3 is 9.88 Å². The fourth-order valence-electron chi connectivity index (χ4n) is 3.99. The van der Waals surface area contributed by atoms with Gasteiger partial charge in [-0.1, -0.05) is 24.6 Å². The highest BCUT2D eigenvalue weighted by atomic mass is 32.2. The van der Waals surface area contributed by atoms with Gasteiger partial charge in [0.25, 0.3) is 0 Å². The maximum atomic E-state index is 4.93. The van der Waals surface area contributed by atoms with Crippen molar-refractivity contribution < 1.29 is 0 Å². The Hall–Kier alpha value is -2.45. The van der Waals surface area contributed by atoms with E-state index >= 15 is 0 Å². The van der Waals surface area contributed by atoms with Crippen molar-refractivity contribution in [2.24, 2.45) is 0 Å². The molecule has 0 aliphatic carbocycles. The molecule has 1 aliphatic heterocycles. The van der Waals surface area contributed by atoms with Crippen molar-refractivity contribution in [2.45, 2.75) is 63.3 Å². The van der Waals surface area contributed by atoms with E-state index in [9.17, 15) is 0 Å². The molecule has 0 bridgehead atoms. The van der Waals surface area contributed by atoms with Crippen LogP contribution in [0.3, 0.4) is 0 Å². The van der Waals surface area contributed by atoms with Gasteiger partial charge in [-0.25, -0.2) is 9.97 Å². The third-order valence-electron chi connectivity index (χ3n) is 5.79. The van der Waals surface area contributed by atoms with Crippen LogP contribution in [0.2, 0.25) is 0 Å². The topological polar surface area (TPSA) is 68.5 Å². The van der Waals surface area contributed by atoms with Crippen LogP contribution >= 0.6 is 23.1 Å². The molecule has 0 atom stereocenters. The van der Waals surface area contributed by atoms with Crippen LogP contribution in [0.5, 0.6) is 0 Å². The lowest BCUT2D eigenvalue weighted by molar-refractivity contribution is 0.610. The molecule has 4 aromatic rings. The van der Waals surface area contributed by atoms with Crippen LogP contribution in [0.25, 0.3) is 10.2 Å². The van der Waals surface area contributed by atoms with E-state index in [4.69, 9.17) is 9.97 Å². The summed E-state index contributed by atoms with van der Waals surface area (Å²) in [4.78, 5) is 13.4. The second kappa shape index (κ2) is 8.96. The molecule has 0 spiro atoms. The van der Waals surface area contributed by atoms with Gasteiger partial charge in [0, 0.05) is 22.7 Å². The normalized spacial score (nSPS) is 13.9. The van der Waals surface area contributed by atoms with E-state index in [0.717, 1.165) is 52.2 Å². The number of hydrogen-bond acceptors (Lipinski definition) is 7. The third kappa shape index (κ3) is 4.32. The van der Waals surface area contributed by atoms with Crippen molar-refractivity contribution in [2.75, 3.05) is 5.32 Å². The summed E-state index contributed by atoms with van der Waals surface area (Å²) in [5.41, 5.74) is 1.25. The first kappa shape index (κ1) is 20.5. The minimum Gasteiger partial charge on any atom is -0.362 e. The number of nitrogens with one attached hydrogen (secondary N) is 1. The summed E-state index contributed by atoms with van der Waals surface area (Å²) in [7, 11) is 0. The van der Waals surface area contributed by atoms with Gasteiger partial charge in [-0.15, -0.1) is 33.3 Å². The first-order chi connectivity index (χ1) is 15.2. The number of anilines is 1. The van der Waals surface area contributed by atoms with E-state index in [1.54, 1.807) is 23.1 Å². The molecular weight excluding hydrogens is 424 g/mol. The first-order valence-electron chi connectivity index (χ1n) is 10.8. The molecule has 1 aliphatic rings. The number of aryl methyl sites for hydroxylation is 3. The van der Waals surface area contributed by atoms with Gasteiger partial charge in [0.15, 0.2) is 5.82 Å². The predicted molar refractivity (Wildman–Crippen MR) is 128 cm³/mol. The second-order valence-corrected chi connectivity index (χ2v) is 10.2. The molecule has 0 unspecified atom stereocenters. The van der Waals surface area contributed by atoms with Crippen molar-refractivity contribution in [1.29, 1.82) is 0 Å². The van der Waals surface area contributed by atoms with Crippen LogP contribution in [0.1, 0.15) is 47.2 Å². The summed E-state index contributed by atoms with van der Waals surface area (Å²) < 4.78 is 2.29. The van der Waals surface area contributed by atoms with Gasteiger partial charge in [0.1, 0.15) is 22.3 Å². The first-order valence-corrected chi connectivity index (χ1v) is 12.6. The van der Waals surface area contributed by atoms with Gasteiger partial charge in [-0.05, 0) is 44.4 Å². The van der Waals surface area contributed by atoms with E-state index < -0.39 is 0 Å². The number of thiophene rings is 1. The molecule has 4 heterocycles. The largest absolute Gasteiger partial charge is 0.362 e. The number of fused-ring (bicyclic) bond motifs is 2. The molecule has 0 saturated heterocycles. The monoisotopic (exact) mass is 450 g/mol. The molecule has 8 heteroatoms. The van der Waals surface area contributed by atoms with E-state index in [2.05, 4.69) is 58.2 Å². The average Bonchev–Trinajstić information content (AvgIpc) is 3.20. The molecule has 1 N–H and O–H groups in total. The van der Waals surface area contributed by atoms with E-state index in [-0.39, 0.29) is 0 Å². The highest BCUT2D eigenvalue weighted by molar-refractivity contribution is 7.98. The lowest BCUT2D eigenvalue weighted by Crippen LogP contribution is -2.12. The van der Waals surface area contributed by atoms with Crippen molar-refractivity contribution >= 4 is 39.1 Å². The van der Waals surface area contributed by atoms with Crippen LogP contribution in [0, 0.1) is 13.8 Å².